The number of ether oxygens (including phenoxy) is 1. The van der Waals surface area contributed by atoms with Gasteiger partial charge in [0.15, 0.2) is 0 Å². The van der Waals surface area contributed by atoms with Gasteiger partial charge < -0.3 is 20.5 Å². The van der Waals surface area contributed by atoms with Crippen LogP contribution < -0.4 is 15.4 Å². The molecule has 0 aliphatic heterocycles. The zero-order valence-electron chi connectivity index (χ0n) is 12.6. The van der Waals surface area contributed by atoms with E-state index in [0.717, 1.165) is 5.75 Å². The number of methoxy groups -OCH3 is 1. The fourth-order valence-electron chi connectivity index (χ4n) is 1.61. The van der Waals surface area contributed by atoms with Crippen molar-refractivity contribution in [2.24, 2.45) is 5.41 Å². The Balaban J connectivity index is 2.33. The van der Waals surface area contributed by atoms with Crippen LogP contribution in [-0.2, 0) is 0 Å². The maximum Gasteiger partial charge on any atom is 0.319 e. The first-order valence-corrected chi connectivity index (χ1v) is 6.70. The molecule has 0 aliphatic carbocycles. The molecular weight excluding hydrogens is 256 g/mol. The van der Waals surface area contributed by atoms with Gasteiger partial charge in [-0.2, -0.15) is 0 Å². The number of benzene rings is 1. The predicted octanol–water partition coefficient (Wildman–Crippen LogP) is 2.61. The third kappa shape index (κ3) is 5.48. The molecule has 20 heavy (non-hydrogen) atoms. The maximum absolute atomic E-state index is 11.7. The van der Waals surface area contributed by atoms with Gasteiger partial charge in [0.25, 0.3) is 0 Å². The van der Waals surface area contributed by atoms with E-state index in [1.54, 1.807) is 31.4 Å². The van der Waals surface area contributed by atoms with Crippen molar-refractivity contribution in [1.82, 2.24) is 5.32 Å². The van der Waals surface area contributed by atoms with Gasteiger partial charge in [0, 0.05) is 12.2 Å². The molecule has 0 fully saturated rings. The van der Waals surface area contributed by atoms with Gasteiger partial charge in [-0.05, 0) is 36.1 Å². The van der Waals surface area contributed by atoms with Crippen LogP contribution in [0.25, 0.3) is 0 Å². The lowest BCUT2D eigenvalue weighted by atomic mass is 9.87. The molecule has 1 aromatic carbocycles. The first kappa shape index (κ1) is 16.3. The van der Waals surface area contributed by atoms with E-state index in [4.69, 9.17) is 4.74 Å². The van der Waals surface area contributed by atoms with E-state index in [9.17, 15) is 9.90 Å². The number of hydrogen-bond donors (Lipinski definition) is 3. The van der Waals surface area contributed by atoms with Crippen LogP contribution in [0.3, 0.4) is 0 Å². The molecule has 2 amide bonds. The SMILES string of the molecule is COc1ccc(NC(=O)NCC[C@H](O)C(C)(C)C)cc1. The molecule has 0 saturated carbocycles. The van der Waals surface area contributed by atoms with Gasteiger partial charge in [-0.25, -0.2) is 4.79 Å². The van der Waals surface area contributed by atoms with Crippen LogP contribution in [0, 0.1) is 5.41 Å². The van der Waals surface area contributed by atoms with Crippen LogP contribution in [0.15, 0.2) is 24.3 Å². The molecule has 0 aromatic heterocycles. The number of hydrogen-bond acceptors (Lipinski definition) is 3. The molecule has 0 heterocycles. The van der Waals surface area contributed by atoms with Crippen LogP contribution in [-0.4, -0.2) is 30.9 Å². The second-order valence-corrected chi connectivity index (χ2v) is 5.78. The monoisotopic (exact) mass is 280 g/mol. The van der Waals surface area contributed by atoms with Crippen molar-refractivity contribution >= 4 is 11.7 Å². The highest BCUT2D eigenvalue weighted by atomic mass is 16.5. The predicted molar refractivity (Wildman–Crippen MR) is 80.1 cm³/mol. The molecule has 1 aromatic rings. The Morgan fingerprint density at radius 1 is 1.30 bits per heavy atom. The summed E-state index contributed by atoms with van der Waals surface area (Å²) in [7, 11) is 1.59. The molecule has 1 atom stereocenters. The third-order valence-corrected chi connectivity index (χ3v) is 3.05. The summed E-state index contributed by atoms with van der Waals surface area (Å²) in [5, 5.41) is 15.3. The van der Waals surface area contributed by atoms with E-state index in [1.807, 2.05) is 20.8 Å². The molecule has 3 N–H and O–H groups in total. The second kappa shape index (κ2) is 7.14. The summed E-state index contributed by atoms with van der Waals surface area (Å²) in [5.74, 6) is 0.740. The molecule has 0 aliphatic rings. The Kier molecular flexibility index (Phi) is 5.82. The van der Waals surface area contributed by atoms with E-state index in [1.165, 1.54) is 0 Å². The van der Waals surface area contributed by atoms with E-state index < -0.39 is 6.10 Å². The number of carbonyl (C=O) groups is 1. The molecule has 0 saturated heterocycles. The number of rotatable bonds is 5. The molecule has 0 bridgehead atoms. The van der Waals surface area contributed by atoms with E-state index >= 15 is 0 Å². The van der Waals surface area contributed by atoms with Gasteiger partial charge in [-0.3, -0.25) is 0 Å². The average molecular weight is 280 g/mol. The smallest absolute Gasteiger partial charge is 0.319 e. The first-order valence-electron chi connectivity index (χ1n) is 6.70. The Morgan fingerprint density at radius 2 is 1.90 bits per heavy atom. The van der Waals surface area contributed by atoms with Crippen LogP contribution in [0.2, 0.25) is 0 Å². The Morgan fingerprint density at radius 3 is 2.40 bits per heavy atom. The highest BCUT2D eigenvalue weighted by Gasteiger charge is 2.21. The van der Waals surface area contributed by atoms with Crippen molar-refractivity contribution in [3.8, 4) is 5.75 Å². The van der Waals surface area contributed by atoms with Gasteiger partial charge in [0.1, 0.15) is 5.75 Å². The summed E-state index contributed by atoms with van der Waals surface area (Å²) < 4.78 is 5.04. The minimum absolute atomic E-state index is 0.172. The summed E-state index contributed by atoms with van der Waals surface area (Å²) in [6, 6.07) is 6.80. The number of carbonyl (C=O) groups excluding carboxylic acids is 1. The molecule has 112 valence electrons. The summed E-state index contributed by atoms with van der Waals surface area (Å²) >= 11 is 0. The summed E-state index contributed by atoms with van der Waals surface area (Å²) in [6.45, 7) is 6.33. The standard InChI is InChI=1S/C15H24N2O3/c1-15(2,3)13(18)9-10-16-14(19)17-11-5-7-12(20-4)8-6-11/h5-8,13,18H,9-10H2,1-4H3,(H2,16,17,19)/t13-/m0/s1. The summed E-state index contributed by atoms with van der Waals surface area (Å²) in [4.78, 5) is 11.7. The van der Waals surface area contributed by atoms with Crippen LogP contribution in [0.1, 0.15) is 27.2 Å². The number of aliphatic hydroxyl groups is 1. The average Bonchev–Trinajstić information content (AvgIpc) is 2.38. The van der Waals surface area contributed by atoms with Crippen molar-refractivity contribution < 1.29 is 14.6 Å². The molecule has 0 spiro atoms. The molecule has 5 nitrogen and oxygen atoms in total. The van der Waals surface area contributed by atoms with Crippen molar-refractivity contribution in [3.63, 3.8) is 0 Å². The molecule has 0 radical (unpaired) electrons. The van der Waals surface area contributed by atoms with E-state index in [2.05, 4.69) is 10.6 Å². The van der Waals surface area contributed by atoms with Gasteiger partial charge in [-0.15, -0.1) is 0 Å². The number of amides is 2. The third-order valence-electron chi connectivity index (χ3n) is 3.05. The normalized spacial score (nSPS) is 12.7. The molecular formula is C15H24N2O3. The van der Waals surface area contributed by atoms with E-state index in [0.29, 0.717) is 18.7 Å². The lowest BCUT2D eigenvalue weighted by Crippen LogP contribution is -2.34. The van der Waals surface area contributed by atoms with Crippen molar-refractivity contribution in [3.05, 3.63) is 24.3 Å². The number of urea groups is 1. The van der Waals surface area contributed by atoms with Crippen LogP contribution >= 0.6 is 0 Å². The Bertz CT molecular complexity index is 424. The number of anilines is 1. The van der Waals surface area contributed by atoms with Crippen LogP contribution in [0.5, 0.6) is 5.75 Å². The highest BCUT2D eigenvalue weighted by Crippen LogP contribution is 2.21. The second-order valence-electron chi connectivity index (χ2n) is 5.78. The van der Waals surface area contributed by atoms with Gasteiger partial charge >= 0.3 is 6.03 Å². The fourth-order valence-corrected chi connectivity index (χ4v) is 1.61. The topological polar surface area (TPSA) is 70.6 Å². The molecule has 5 heteroatoms. The van der Waals surface area contributed by atoms with Crippen LogP contribution in [0.4, 0.5) is 10.5 Å². The lowest BCUT2D eigenvalue weighted by Gasteiger charge is -2.25. The van der Waals surface area contributed by atoms with Gasteiger partial charge in [0.05, 0.1) is 13.2 Å². The van der Waals surface area contributed by atoms with Gasteiger partial charge in [-0.1, -0.05) is 20.8 Å². The molecule has 1 rings (SSSR count). The van der Waals surface area contributed by atoms with Crippen molar-refractivity contribution in [1.29, 1.82) is 0 Å². The minimum atomic E-state index is -0.441. The summed E-state index contributed by atoms with van der Waals surface area (Å²) in [5.41, 5.74) is 0.522. The molecule has 0 unspecified atom stereocenters. The lowest BCUT2D eigenvalue weighted by molar-refractivity contribution is 0.0565. The number of aliphatic hydroxyl groups excluding tert-OH is 1. The zero-order chi connectivity index (χ0) is 15.2. The fraction of sp³-hybridized carbons (Fsp3) is 0.533. The quantitative estimate of drug-likeness (QED) is 0.776. The van der Waals surface area contributed by atoms with E-state index in [-0.39, 0.29) is 11.4 Å². The minimum Gasteiger partial charge on any atom is -0.497 e. The van der Waals surface area contributed by atoms with Gasteiger partial charge in [0.2, 0.25) is 0 Å². The Hall–Kier alpha value is -1.75. The first-order chi connectivity index (χ1) is 9.32. The number of nitrogens with one attached hydrogen (secondary N) is 2. The maximum atomic E-state index is 11.7. The Labute approximate surface area is 120 Å². The zero-order valence-corrected chi connectivity index (χ0v) is 12.6. The highest BCUT2D eigenvalue weighted by molar-refractivity contribution is 5.89. The summed E-state index contributed by atoms with van der Waals surface area (Å²) in [6.07, 6.45) is 0.0864. The largest absolute Gasteiger partial charge is 0.497 e. The van der Waals surface area contributed by atoms with Crippen molar-refractivity contribution in [2.45, 2.75) is 33.3 Å². The van der Waals surface area contributed by atoms with Crippen molar-refractivity contribution in [2.75, 3.05) is 19.0 Å².